The van der Waals surface area contributed by atoms with Crippen LogP contribution in [0.5, 0.6) is 0 Å². The second-order valence-corrected chi connectivity index (χ2v) is 4.95. The number of rotatable bonds is 0. The van der Waals surface area contributed by atoms with Crippen LogP contribution in [0.15, 0.2) is 78.9 Å². The van der Waals surface area contributed by atoms with E-state index in [9.17, 15) is 4.39 Å². The molecule has 0 radical (unpaired) electrons. The molecule has 1 heteroatoms. The van der Waals surface area contributed by atoms with Gasteiger partial charge < -0.3 is 0 Å². The van der Waals surface area contributed by atoms with Gasteiger partial charge in [-0.3, -0.25) is 0 Å². The Hall–Kier alpha value is -3.29. The van der Waals surface area contributed by atoms with Crippen molar-refractivity contribution in [2.75, 3.05) is 0 Å². The molecule has 3 rings (SSSR count). The number of hydrogen-bond acceptors (Lipinski definition) is 0. The highest BCUT2D eigenvalue weighted by Gasteiger charge is 1.91. The minimum absolute atomic E-state index is 0.253. The van der Waals surface area contributed by atoms with Crippen LogP contribution in [0.2, 0.25) is 0 Å². The van der Waals surface area contributed by atoms with Crippen LogP contribution in [0.3, 0.4) is 0 Å². The fraction of sp³-hybridized carbons (Fsp3) is 0. The van der Waals surface area contributed by atoms with Gasteiger partial charge in [0.25, 0.3) is 0 Å². The fourth-order valence-electron chi connectivity index (χ4n) is 1.98. The third-order valence-corrected chi connectivity index (χ3v) is 3.21. The van der Waals surface area contributed by atoms with E-state index in [1.165, 1.54) is 12.1 Å². The van der Waals surface area contributed by atoms with Crippen molar-refractivity contribution < 1.29 is 4.39 Å². The van der Waals surface area contributed by atoms with Crippen LogP contribution in [-0.2, 0) is 0 Å². The molecule has 0 nitrogen and oxygen atoms in total. The molecular formula is C22H13F. The average Bonchev–Trinajstić information content (AvgIpc) is 2.61. The maximum absolute atomic E-state index is 12.8. The van der Waals surface area contributed by atoms with Gasteiger partial charge in [-0.1, -0.05) is 41.9 Å². The zero-order valence-electron chi connectivity index (χ0n) is 12.4. The van der Waals surface area contributed by atoms with Crippen molar-refractivity contribution in [3.05, 3.63) is 107 Å². The first-order valence-corrected chi connectivity index (χ1v) is 7.24. The van der Waals surface area contributed by atoms with E-state index < -0.39 is 0 Å². The largest absolute Gasteiger partial charge is 0.207 e. The molecule has 0 aliphatic carbocycles. The zero-order valence-corrected chi connectivity index (χ0v) is 12.4. The number of halogens is 1. The summed E-state index contributed by atoms with van der Waals surface area (Å²) in [7, 11) is 0. The Bertz CT molecular complexity index is 897. The van der Waals surface area contributed by atoms with Crippen LogP contribution in [0.1, 0.15) is 22.3 Å². The third kappa shape index (κ3) is 4.34. The van der Waals surface area contributed by atoms with E-state index in [0.29, 0.717) is 0 Å². The molecule has 0 spiro atoms. The molecule has 23 heavy (non-hydrogen) atoms. The Balaban J connectivity index is 1.73. The smallest absolute Gasteiger partial charge is 0.123 e. The molecule has 0 saturated carbocycles. The van der Waals surface area contributed by atoms with Gasteiger partial charge in [0.15, 0.2) is 0 Å². The molecule has 0 aliphatic heterocycles. The van der Waals surface area contributed by atoms with Gasteiger partial charge in [-0.15, -0.1) is 0 Å². The van der Waals surface area contributed by atoms with Crippen LogP contribution in [0.25, 0.3) is 0 Å². The SMILES string of the molecule is Fc1ccc(C#Cc2ccc(C#Cc3ccccc3)cc2)cc1. The van der Waals surface area contributed by atoms with E-state index in [0.717, 1.165) is 22.3 Å². The maximum Gasteiger partial charge on any atom is 0.123 e. The summed E-state index contributed by atoms with van der Waals surface area (Å²) in [6.07, 6.45) is 0. The molecule has 0 aliphatic rings. The Morgan fingerprint density at radius 3 is 1.22 bits per heavy atom. The standard InChI is InChI=1S/C22H13F/c23-22-16-14-21(15-17-22)13-12-20-10-8-19(9-11-20)7-6-18-4-2-1-3-5-18/h1-5,8-11,14-17H. The molecule has 0 fully saturated rings. The van der Waals surface area contributed by atoms with E-state index >= 15 is 0 Å². The zero-order chi connectivity index (χ0) is 15.9. The summed E-state index contributed by atoms with van der Waals surface area (Å²) in [5.74, 6) is 12.1. The highest BCUT2D eigenvalue weighted by molar-refractivity contribution is 5.47. The lowest BCUT2D eigenvalue weighted by molar-refractivity contribution is 0.627. The second-order valence-electron chi connectivity index (χ2n) is 4.95. The van der Waals surface area contributed by atoms with E-state index in [4.69, 9.17) is 0 Å². The van der Waals surface area contributed by atoms with Gasteiger partial charge in [-0.2, -0.15) is 0 Å². The first-order chi connectivity index (χ1) is 11.3. The second kappa shape index (κ2) is 7.12. The first kappa shape index (κ1) is 14.6. The molecule has 0 heterocycles. The minimum atomic E-state index is -0.253. The highest BCUT2D eigenvalue weighted by atomic mass is 19.1. The molecule has 108 valence electrons. The lowest BCUT2D eigenvalue weighted by atomic mass is 10.1. The van der Waals surface area contributed by atoms with Gasteiger partial charge in [-0.05, 0) is 60.7 Å². The maximum atomic E-state index is 12.8. The molecule has 0 amide bonds. The lowest BCUT2D eigenvalue weighted by Crippen LogP contribution is -1.79. The predicted molar refractivity (Wildman–Crippen MR) is 91.2 cm³/mol. The Morgan fingerprint density at radius 2 is 0.783 bits per heavy atom. The molecule has 0 atom stereocenters. The molecular weight excluding hydrogens is 283 g/mol. The summed E-state index contributed by atoms with van der Waals surface area (Å²) in [4.78, 5) is 0. The molecule has 0 unspecified atom stereocenters. The summed E-state index contributed by atoms with van der Waals surface area (Å²) < 4.78 is 12.8. The van der Waals surface area contributed by atoms with Crippen molar-refractivity contribution in [3.63, 3.8) is 0 Å². The molecule has 0 N–H and O–H groups in total. The lowest BCUT2D eigenvalue weighted by Gasteiger charge is -1.93. The van der Waals surface area contributed by atoms with Gasteiger partial charge >= 0.3 is 0 Å². The van der Waals surface area contributed by atoms with Crippen molar-refractivity contribution in [1.29, 1.82) is 0 Å². The van der Waals surface area contributed by atoms with Crippen molar-refractivity contribution in [2.45, 2.75) is 0 Å². The van der Waals surface area contributed by atoms with Crippen LogP contribution in [-0.4, -0.2) is 0 Å². The van der Waals surface area contributed by atoms with E-state index in [2.05, 4.69) is 23.7 Å². The monoisotopic (exact) mass is 296 g/mol. The summed E-state index contributed by atoms with van der Waals surface area (Å²) >= 11 is 0. The minimum Gasteiger partial charge on any atom is -0.207 e. The Morgan fingerprint density at radius 1 is 0.435 bits per heavy atom. The van der Waals surface area contributed by atoms with Crippen LogP contribution in [0.4, 0.5) is 4.39 Å². The third-order valence-electron chi connectivity index (χ3n) is 3.21. The Labute approximate surface area is 135 Å². The van der Waals surface area contributed by atoms with Crippen molar-refractivity contribution in [2.24, 2.45) is 0 Å². The topological polar surface area (TPSA) is 0 Å². The van der Waals surface area contributed by atoms with E-state index in [-0.39, 0.29) is 5.82 Å². The molecule has 0 bridgehead atoms. The molecule has 3 aromatic rings. The quantitative estimate of drug-likeness (QED) is 0.531. The first-order valence-electron chi connectivity index (χ1n) is 7.24. The molecule has 0 saturated heterocycles. The summed E-state index contributed by atoms with van der Waals surface area (Å²) in [6, 6.07) is 23.8. The fourth-order valence-corrected chi connectivity index (χ4v) is 1.98. The van der Waals surface area contributed by atoms with Gasteiger partial charge in [-0.25, -0.2) is 4.39 Å². The normalized spacial score (nSPS) is 9.26. The van der Waals surface area contributed by atoms with Gasteiger partial charge in [0.1, 0.15) is 5.82 Å². The summed E-state index contributed by atoms with van der Waals surface area (Å²) in [5, 5.41) is 0. The number of hydrogen-bond donors (Lipinski definition) is 0. The van der Waals surface area contributed by atoms with Crippen LogP contribution < -0.4 is 0 Å². The van der Waals surface area contributed by atoms with E-state index in [1.807, 2.05) is 54.6 Å². The Kier molecular flexibility index (Phi) is 4.53. The molecule has 3 aromatic carbocycles. The van der Waals surface area contributed by atoms with Crippen LogP contribution in [0, 0.1) is 29.5 Å². The van der Waals surface area contributed by atoms with Crippen molar-refractivity contribution in [3.8, 4) is 23.7 Å². The number of benzene rings is 3. The molecule has 0 aromatic heterocycles. The van der Waals surface area contributed by atoms with Gasteiger partial charge in [0.2, 0.25) is 0 Å². The predicted octanol–water partition coefficient (Wildman–Crippen LogP) is 4.63. The van der Waals surface area contributed by atoms with Crippen LogP contribution >= 0.6 is 0 Å². The van der Waals surface area contributed by atoms with Crippen molar-refractivity contribution in [1.82, 2.24) is 0 Å². The summed E-state index contributed by atoms with van der Waals surface area (Å²) in [6.45, 7) is 0. The summed E-state index contributed by atoms with van der Waals surface area (Å²) in [5.41, 5.74) is 3.63. The van der Waals surface area contributed by atoms with Crippen molar-refractivity contribution >= 4 is 0 Å². The van der Waals surface area contributed by atoms with E-state index in [1.54, 1.807) is 12.1 Å². The van der Waals surface area contributed by atoms with Gasteiger partial charge in [0, 0.05) is 22.3 Å². The highest BCUT2D eigenvalue weighted by Crippen LogP contribution is 2.05. The van der Waals surface area contributed by atoms with Gasteiger partial charge in [0.05, 0.1) is 0 Å². The average molecular weight is 296 g/mol.